The maximum atomic E-state index is 14.9. The molecule has 0 aromatic heterocycles. The second kappa shape index (κ2) is 9.50. The van der Waals surface area contributed by atoms with E-state index in [1.807, 2.05) is 12.1 Å². The lowest BCUT2D eigenvalue weighted by Crippen LogP contribution is -2.44. The van der Waals surface area contributed by atoms with Gasteiger partial charge < -0.3 is 10.2 Å². The van der Waals surface area contributed by atoms with Gasteiger partial charge in [0, 0.05) is 18.2 Å². The Bertz CT molecular complexity index is 1270. The third-order valence-corrected chi connectivity index (χ3v) is 7.29. The average Bonchev–Trinajstić information content (AvgIpc) is 3.11. The summed E-state index contributed by atoms with van der Waals surface area (Å²) in [4.78, 5) is 27.1. The van der Waals surface area contributed by atoms with Gasteiger partial charge in [-0.05, 0) is 67.7 Å². The van der Waals surface area contributed by atoms with Crippen LogP contribution in [-0.4, -0.2) is 30.5 Å². The molecule has 36 heavy (non-hydrogen) atoms. The van der Waals surface area contributed by atoms with Gasteiger partial charge in [-0.15, -0.1) is 0 Å². The van der Waals surface area contributed by atoms with E-state index in [4.69, 9.17) is 17.5 Å². The molecule has 0 spiro atoms. The molecule has 1 aliphatic heterocycles. The summed E-state index contributed by atoms with van der Waals surface area (Å²) in [6.07, 6.45) is -1.01. The quantitative estimate of drug-likeness (QED) is 0.443. The summed E-state index contributed by atoms with van der Waals surface area (Å²) in [6.45, 7) is -0.279. The first-order chi connectivity index (χ1) is 17.0. The number of amides is 2. The highest BCUT2D eigenvalue weighted by Gasteiger charge is 2.44. The highest BCUT2D eigenvalue weighted by molar-refractivity contribution is 7.81. The molecule has 6 nitrogen and oxygen atoms in total. The van der Waals surface area contributed by atoms with E-state index in [-0.39, 0.29) is 23.0 Å². The van der Waals surface area contributed by atoms with Crippen LogP contribution >= 0.6 is 12.2 Å². The van der Waals surface area contributed by atoms with Crippen LogP contribution in [0.25, 0.3) is 0 Å². The second-order valence-corrected chi connectivity index (χ2v) is 9.27. The van der Waals surface area contributed by atoms with Gasteiger partial charge in [0.1, 0.15) is 12.1 Å². The summed E-state index contributed by atoms with van der Waals surface area (Å²) in [7, 11) is 1.63. The zero-order valence-corrected chi connectivity index (χ0v) is 20.1. The first-order valence-electron chi connectivity index (χ1n) is 11.3. The molecule has 0 radical (unpaired) electrons. The molecule has 1 N–H and O–H groups in total. The van der Waals surface area contributed by atoms with Crippen molar-refractivity contribution < 1.29 is 27.2 Å². The standard InChI is InChI=1S/C25H22F4N4O2S/c1-31-22(35)24(10-2-11-24)12-9-15-3-6-17(7-4-15)32-14-19(34)33(23(32)36)18-8-5-16(13-30)20(21(18)26)25(27,28)29/h3-8H,2,9-12,14H2,1H3,(H,31,35). The second-order valence-electron chi connectivity index (χ2n) is 8.91. The van der Waals surface area contributed by atoms with Gasteiger partial charge in [-0.3, -0.25) is 14.5 Å². The Morgan fingerprint density at radius 3 is 2.39 bits per heavy atom. The average molecular weight is 519 g/mol. The van der Waals surface area contributed by atoms with Crippen molar-refractivity contribution in [1.82, 2.24) is 5.32 Å². The monoisotopic (exact) mass is 518 g/mol. The Balaban J connectivity index is 1.53. The molecule has 1 heterocycles. The van der Waals surface area contributed by atoms with E-state index in [0.717, 1.165) is 41.9 Å². The Hall–Kier alpha value is -3.52. The number of carbonyl (C=O) groups is 2. The van der Waals surface area contributed by atoms with Crippen molar-refractivity contribution in [2.45, 2.75) is 38.3 Å². The number of nitrogens with zero attached hydrogens (tertiary/aromatic N) is 3. The third kappa shape index (κ3) is 4.41. The van der Waals surface area contributed by atoms with E-state index in [1.54, 1.807) is 19.2 Å². The first-order valence-corrected chi connectivity index (χ1v) is 11.7. The predicted molar refractivity (Wildman–Crippen MR) is 129 cm³/mol. The van der Waals surface area contributed by atoms with E-state index in [1.165, 1.54) is 11.0 Å². The number of alkyl halides is 3. The molecular formula is C25H22F4N4O2S. The molecular weight excluding hydrogens is 496 g/mol. The molecule has 188 valence electrons. The van der Waals surface area contributed by atoms with E-state index in [9.17, 15) is 27.2 Å². The zero-order chi connectivity index (χ0) is 26.3. The normalized spacial score (nSPS) is 17.1. The minimum absolute atomic E-state index is 0.0510. The van der Waals surface area contributed by atoms with Crippen LogP contribution in [-0.2, 0) is 22.2 Å². The third-order valence-electron chi connectivity index (χ3n) is 6.89. The SMILES string of the molecule is CNC(=O)C1(CCc2ccc(N3CC(=O)N(c4ccc(C#N)c(C(F)(F)F)c4F)C3=S)cc2)CCC1. The lowest BCUT2D eigenvalue weighted by molar-refractivity contribution is -0.140. The number of thiocarbonyl (C=S) groups is 1. The number of aryl methyl sites for hydroxylation is 1. The van der Waals surface area contributed by atoms with Gasteiger partial charge in [0.05, 0.1) is 17.3 Å². The molecule has 2 aliphatic rings. The Morgan fingerprint density at radius 2 is 1.86 bits per heavy atom. The van der Waals surface area contributed by atoms with Crippen LogP contribution in [0.4, 0.5) is 28.9 Å². The lowest BCUT2D eigenvalue weighted by Gasteiger charge is -2.40. The van der Waals surface area contributed by atoms with E-state index in [2.05, 4.69) is 5.32 Å². The maximum Gasteiger partial charge on any atom is 0.420 e. The van der Waals surface area contributed by atoms with E-state index < -0.39 is 34.7 Å². The molecule has 0 bridgehead atoms. The minimum Gasteiger partial charge on any atom is -0.359 e. The van der Waals surface area contributed by atoms with Gasteiger partial charge >= 0.3 is 6.18 Å². The van der Waals surface area contributed by atoms with Crippen LogP contribution in [0.15, 0.2) is 36.4 Å². The highest BCUT2D eigenvalue weighted by Crippen LogP contribution is 2.45. The summed E-state index contributed by atoms with van der Waals surface area (Å²) in [5, 5.41) is 11.5. The Morgan fingerprint density at radius 1 is 1.19 bits per heavy atom. The highest BCUT2D eigenvalue weighted by atomic mass is 32.1. The van der Waals surface area contributed by atoms with Crippen molar-refractivity contribution in [2.24, 2.45) is 5.41 Å². The van der Waals surface area contributed by atoms with Crippen molar-refractivity contribution in [3.8, 4) is 6.07 Å². The maximum absolute atomic E-state index is 14.9. The largest absolute Gasteiger partial charge is 0.420 e. The van der Waals surface area contributed by atoms with Gasteiger partial charge in [0.15, 0.2) is 10.9 Å². The van der Waals surface area contributed by atoms with Crippen molar-refractivity contribution >= 4 is 40.5 Å². The number of hydrogen-bond donors (Lipinski definition) is 1. The summed E-state index contributed by atoms with van der Waals surface area (Å²) >= 11 is 5.33. The van der Waals surface area contributed by atoms with Gasteiger partial charge in [0.2, 0.25) is 5.91 Å². The number of halogens is 4. The van der Waals surface area contributed by atoms with Crippen LogP contribution in [0.1, 0.15) is 42.4 Å². The fourth-order valence-corrected chi connectivity index (χ4v) is 5.10. The molecule has 1 saturated heterocycles. The fraction of sp³-hybridized carbons (Fsp3) is 0.360. The summed E-state index contributed by atoms with van der Waals surface area (Å²) in [6, 6.07) is 10.2. The molecule has 0 atom stereocenters. The van der Waals surface area contributed by atoms with Crippen LogP contribution < -0.4 is 15.1 Å². The molecule has 2 aromatic rings. The smallest absolute Gasteiger partial charge is 0.359 e. The van der Waals surface area contributed by atoms with E-state index in [0.29, 0.717) is 18.5 Å². The molecule has 11 heteroatoms. The van der Waals surface area contributed by atoms with Crippen LogP contribution in [0.3, 0.4) is 0 Å². The van der Waals surface area contributed by atoms with Gasteiger partial charge in [-0.2, -0.15) is 18.4 Å². The Kier molecular flexibility index (Phi) is 6.75. The van der Waals surface area contributed by atoms with Crippen LogP contribution in [0.2, 0.25) is 0 Å². The van der Waals surface area contributed by atoms with Gasteiger partial charge in [-0.25, -0.2) is 4.39 Å². The molecule has 2 fully saturated rings. The van der Waals surface area contributed by atoms with Crippen molar-refractivity contribution in [1.29, 1.82) is 5.26 Å². The Labute approximate surface area is 210 Å². The number of benzene rings is 2. The summed E-state index contributed by atoms with van der Waals surface area (Å²) < 4.78 is 55.1. The number of nitrogens with one attached hydrogen (secondary N) is 1. The summed E-state index contributed by atoms with van der Waals surface area (Å²) in [5.74, 6) is -2.37. The summed E-state index contributed by atoms with van der Waals surface area (Å²) in [5.41, 5.74) is -2.10. The number of anilines is 2. The van der Waals surface area contributed by atoms with Crippen molar-refractivity contribution in [3.05, 3.63) is 58.9 Å². The number of rotatable bonds is 6. The fourth-order valence-electron chi connectivity index (χ4n) is 4.73. The lowest BCUT2D eigenvalue weighted by atomic mass is 9.65. The molecule has 4 rings (SSSR count). The van der Waals surface area contributed by atoms with Crippen LogP contribution in [0.5, 0.6) is 0 Å². The minimum atomic E-state index is -5.12. The number of nitriles is 1. The molecule has 1 saturated carbocycles. The molecule has 2 amide bonds. The van der Waals surface area contributed by atoms with Crippen molar-refractivity contribution in [3.63, 3.8) is 0 Å². The van der Waals surface area contributed by atoms with Gasteiger partial charge in [0.25, 0.3) is 5.91 Å². The number of hydrogen-bond acceptors (Lipinski definition) is 4. The predicted octanol–water partition coefficient (Wildman–Crippen LogP) is 4.70. The van der Waals surface area contributed by atoms with Crippen LogP contribution in [0, 0.1) is 22.6 Å². The molecule has 2 aromatic carbocycles. The first kappa shape index (κ1) is 25.6. The molecule has 1 aliphatic carbocycles. The number of carbonyl (C=O) groups excluding carboxylic acids is 2. The van der Waals surface area contributed by atoms with E-state index >= 15 is 0 Å². The van der Waals surface area contributed by atoms with Gasteiger partial charge in [-0.1, -0.05) is 18.6 Å². The zero-order valence-electron chi connectivity index (χ0n) is 19.3. The topological polar surface area (TPSA) is 76.4 Å². The molecule has 0 unspecified atom stereocenters. The van der Waals surface area contributed by atoms with Crippen molar-refractivity contribution in [2.75, 3.05) is 23.4 Å².